The lowest BCUT2D eigenvalue weighted by atomic mass is 10.2. The Balaban J connectivity index is 2.86. The molecule has 1 aromatic carbocycles. The molecule has 0 spiro atoms. The number of ether oxygens (including phenoxy) is 1. The average Bonchev–Trinajstić information content (AvgIpc) is 2.31. The van der Waals surface area contributed by atoms with E-state index in [0.717, 1.165) is 17.0 Å². The van der Waals surface area contributed by atoms with Gasteiger partial charge in [-0.05, 0) is 44.7 Å². The maximum Gasteiger partial charge on any atom is 0.237 e. The Kier molecular flexibility index (Phi) is 5.35. The van der Waals surface area contributed by atoms with Gasteiger partial charge in [0.15, 0.2) is 0 Å². The molecule has 1 unspecified atom stereocenters. The number of carbonyl (C=O) groups is 1. The van der Waals surface area contributed by atoms with Gasteiger partial charge in [-0.1, -0.05) is 6.07 Å². The van der Waals surface area contributed by atoms with E-state index in [0.29, 0.717) is 6.61 Å². The van der Waals surface area contributed by atoms with Gasteiger partial charge in [0.05, 0.1) is 17.5 Å². The summed E-state index contributed by atoms with van der Waals surface area (Å²) < 4.78 is 5.51. The SMILES string of the molecule is CCOc1cc(C)ccc1NC(=O)C(C)SC. The molecule has 1 atom stereocenters. The van der Waals surface area contributed by atoms with Gasteiger partial charge in [-0.25, -0.2) is 0 Å². The summed E-state index contributed by atoms with van der Waals surface area (Å²) in [6.45, 7) is 6.40. The van der Waals surface area contributed by atoms with Gasteiger partial charge < -0.3 is 10.1 Å². The average molecular weight is 253 g/mol. The van der Waals surface area contributed by atoms with Crippen molar-refractivity contribution in [2.45, 2.75) is 26.0 Å². The quantitative estimate of drug-likeness (QED) is 0.876. The first-order valence-corrected chi connectivity index (χ1v) is 6.94. The van der Waals surface area contributed by atoms with Crippen molar-refractivity contribution in [1.82, 2.24) is 0 Å². The lowest BCUT2D eigenvalue weighted by Gasteiger charge is -2.14. The second-order valence-electron chi connectivity index (χ2n) is 3.80. The minimum absolute atomic E-state index is 0.00214. The molecule has 0 aliphatic rings. The molecule has 1 aromatic rings. The standard InChI is InChI=1S/C13H19NO2S/c1-5-16-12-8-9(2)6-7-11(12)14-13(15)10(3)17-4/h6-8,10H,5H2,1-4H3,(H,14,15). The third-order valence-corrected chi connectivity index (χ3v) is 3.34. The first kappa shape index (κ1) is 13.9. The number of nitrogens with one attached hydrogen (secondary N) is 1. The number of benzene rings is 1. The molecule has 0 saturated heterocycles. The zero-order chi connectivity index (χ0) is 12.8. The van der Waals surface area contributed by atoms with Crippen molar-refractivity contribution in [2.75, 3.05) is 18.2 Å². The van der Waals surface area contributed by atoms with E-state index in [1.54, 1.807) is 0 Å². The molecule has 0 fully saturated rings. The smallest absolute Gasteiger partial charge is 0.237 e. The Labute approximate surface area is 107 Å². The van der Waals surface area contributed by atoms with Gasteiger partial charge >= 0.3 is 0 Å². The number of rotatable bonds is 5. The molecule has 0 aromatic heterocycles. The van der Waals surface area contributed by atoms with Crippen LogP contribution in [0.5, 0.6) is 5.75 Å². The van der Waals surface area contributed by atoms with E-state index >= 15 is 0 Å². The van der Waals surface area contributed by atoms with Crippen LogP contribution < -0.4 is 10.1 Å². The molecule has 17 heavy (non-hydrogen) atoms. The van der Waals surface area contributed by atoms with Crippen LogP contribution in [0.2, 0.25) is 0 Å². The Bertz CT molecular complexity index is 393. The monoisotopic (exact) mass is 253 g/mol. The molecule has 0 aliphatic heterocycles. The summed E-state index contributed by atoms with van der Waals surface area (Å²) in [5, 5.41) is 2.82. The van der Waals surface area contributed by atoms with Gasteiger partial charge in [-0.2, -0.15) is 11.8 Å². The molecule has 94 valence electrons. The van der Waals surface area contributed by atoms with E-state index in [1.807, 2.05) is 45.2 Å². The fraction of sp³-hybridized carbons (Fsp3) is 0.462. The summed E-state index contributed by atoms with van der Waals surface area (Å²) in [4.78, 5) is 11.8. The molecule has 0 aliphatic carbocycles. The molecular weight excluding hydrogens is 234 g/mol. The lowest BCUT2D eigenvalue weighted by Crippen LogP contribution is -2.22. The fourth-order valence-corrected chi connectivity index (χ4v) is 1.62. The van der Waals surface area contributed by atoms with E-state index in [2.05, 4.69) is 5.32 Å². The Hall–Kier alpha value is -1.16. The van der Waals surface area contributed by atoms with Crippen molar-refractivity contribution in [2.24, 2.45) is 0 Å². The van der Waals surface area contributed by atoms with Crippen LogP contribution in [0.4, 0.5) is 5.69 Å². The second-order valence-corrected chi connectivity index (χ2v) is 4.98. The van der Waals surface area contributed by atoms with Crippen molar-refractivity contribution in [3.8, 4) is 5.75 Å². The van der Waals surface area contributed by atoms with Gasteiger partial charge in [0.1, 0.15) is 5.75 Å². The molecule has 1 N–H and O–H groups in total. The van der Waals surface area contributed by atoms with Crippen LogP contribution in [0.3, 0.4) is 0 Å². The molecule has 3 nitrogen and oxygen atoms in total. The van der Waals surface area contributed by atoms with Gasteiger partial charge in [0, 0.05) is 0 Å². The number of thioether (sulfide) groups is 1. The van der Waals surface area contributed by atoms with Crippen molar-refractivity contribution in [3.05, 3.63) is 23.8 Å². The predicted molar refractivity (Wildman–Crippen MR) is 74.0 cm³/mol. The highest BCUT2D eigenvalue weighted by molar-refractivity contribution is 7.99. The number of anilines is 1. The van der Waals surface area contributed by atoms with Crippen LogP contribution in [0.1, 0.15) is 19.4 Å². The van der Waals surface area contributed by atoms with Gasteiger partial charge in [0.2, 0.25) is 5.91 Å². The van der Waals surface area contributed by atoms with Crippen LogP contribution >= 0.6 is 11.8 Å². The summed E-state index contributed by atoms with van der Waals surface area (Å²) in [5.41, 5.74) is 1.85. The van der Waals surface area contributed by atoms with Gasteiger partial charge in [-0.15, -0.1) is 0 Å². The topological polar surface area (TPSA) is 38.3 Å². The predicted octanol–water partition coefficient (Wildman–Crippen LogP) is 3.08. The zero-order valence-corrected chi connectivity index (χ0v) is 11.6. The second kappa shape index (κ2) is 6.55. The van der Waals surface area contributed by atoms with Crippen LogP contribution in [0.25, 0.3) is 0 Å². The van der Waals surface area contributed by atoms with Crippen molar-refractivity contribution < 1.29 is 9.53 Å². The Morgan fingerprint density at radius 2 is 2.24 bits per heavy atom. The number of amides is 1. The molecule has 0 saturated carbocycles. The summed E-state index contributed by atoms with van der Waals surface area (Å²) in [7, 11) is 0. The summed E-state index contributed by atoms with van der Waals surface area (Å²) in [5.74, 6) is 0.733. The van der Waals surface area contributed by atoms with E-state index < -0.39 is 0 Å². The highest BCUT2D eigenvalue weighted by Crippen LogP contribution is 2.26. The fourth-order valence-electron chi connectivity index (χ4n) is 1.35. The van der Waals surface area contributed by atoms with Crippen molar-refractivity contribution >= 4 is 23.4 Å². The zero-order valence-electron chi connectivity index (χ0n) is 10.7. The summed E-state index contributed by atoms with van der Waals surface area (Å²) in [6.07, 6.45) is 1.92. The first-order valence-electron chi connectivity index (χ1n) is 5.65. The Morgan fingerprint density at radius 1 is 1.53 bits per heavy atom. The third kappa shape index (κ3) is 3.97. The first-order chi connectivity index (χ1) is 8.08. The molecular formula is C13H19NO2S. The van der Waals surface area contributed by atoms with E-state index in [4.69, 9.17) is 4.74 Å². The highest BCUT2D eigenvalue weighted by atomic mass is 32.2. The Morgan fingerprint density at radius 3 is 2.82 bits per heavy atom. The van der Waals surface area contributed by atoms with E-state index in [-0.39, 0.29) is 11.2 Å². The number of aryl methyl sites for hydroxylation is 1. The van der Waals surface area contributed by atoms with Crippen LogP contribution in [0.15, 0.2) is 18.2 Å². The third-order valence-electron chi connectivity index (χ3n) is 2.42. The lowest BCUT2D eigenvalue weighted by molar-refractivity contribution is -0.115. The molecule has 0 heterocycles. The molecule has 0 radical (unpaired) electrons. The molecule has 1 rings (SSSR count). The largest absolute Gasteiger partial charge is 0.492 e. The maximum absolute atomic E-state index is 11.8. The highest BCUT2D eigenvalue weighted by Gasteiger charge is 2.13. The number of hydrogen-bond donors (Lipinski definition) is 1. The summed E-state index contributed by atoms with van der Waals surface area (Å²) >= 11 is 1.52. The normalized spacial score (nSPS) is 12.0. The van der Waals surface area contributed by atoms with Crippen LogP contribution in [0, 0.1) is 6.92 Å². The summed E-state index contributed by atoms with van der Waals surface area (Å²) in [6, 6.07) is 5.77. The molecule has 0 bridgehead atoms. The molecule has 4 heteroatoms. The van der Waals surface area contributed by atoms with Crippen LogP contribution in [-0.2, 0) is 4.79 Å². The minimum atomic E-state index is -0.0641. The molecule has 1 amide bonds. The van der Waals surface area contributed by atoms with Gasteiger partial charge in [-0.3, -0.25) is 4.79 Å². The van der Waals surface area contributed by atoms with Crippen LogP contribution in [-0.4, -0.2) is 24.0 Å². The van der Waals surface area contributed by atoms with Gasteiger partial charge in [0.25, 0.3) is 0 Å². The maximum atomic E-state index is 11.8. The minimum Gasteiger partial charge on any atom is -0.492 e. The van der Waals surface area contributed by atoms with Crippen molar-refractivity contribution in [3.63, 3.8) is 0 Å². The van der Waals surface area contributed by atoms with Crippen molar-refractivity contribution in [1.29, 1.82) is 0 Å². The number of hydrogen-bond acceptors (Lipinski definition) is 3. The van der Waals surface area contributed by atoms with E-state index in [1.165, 1.54) is 11.8 Å². The number of carbonyl (C=O) groups excluding carboxylic acids is 1. The van der Waals surface area contributed by atoms with E-state index in [9.17, 15) is 4.79 Å².